The van der Waals surface area contributed by atoms with E-state index < -0.39 is 61.8 Å². The van der Waals surface area contributed by atoms with Gasteiger partial charge >= 0.3 is 32.8 Å². The number of halogens is 3. The van der Waals surface area contributed by atoms with Crippen LogP contribution in [0.25, 0.3) is 0 Å². The number of urea groups is 1. The summed E-state index contributed by atoms with van der Waals surface area (Å²) in [7, 11) is -8.29. The van der Waals surface area contributed by atoms with E-state index in [0.717, 1.165) is 29.2 Å². The summed E-state index contributed by atoms with van der Waals surface area (Å²) >= 11 is 0. The van der Waals surface area contributed by atoms with Gasteiger partial charge in [-0.15, -0.1) is 13.2 Å². The van der Waals surface area contributed by atoms with Gasteiger partial charge in [-0.25, -0.2) is 19.7 Å². The molecule has 0 radical (unpaired) electrons. The van der Waals surface area contributed by atoms with Gasteiger partial charge in [-0.05, 0) is 70.8 Å². The molecule has 0 bridgehead atoms. The number of carbonyl (C=O) groups is 2. The standard InChI is InChI=1S/C38H37F3N8O7S2/c1-25(29-17-19-42-33(21-29)47-57(52,53)44-23-27-9-5-3-6-10-27)37(35(50)49(36(51)46-37)31-13-15-32(16-14-31)56-38(39,40)41)26(2)30-18-20-43-34(22-30)48-58(54,55)45-24-28-11-7-4-8-12-28/h3-22,25-26,44-45H,23-24H2,1-2H3,(H,42,47)(H,43,48)(H,46,51). The summed E-state index contributed by atoms with van der Waals surface area (Å²) in [6.07, 6.45) is -2.34. The second-order valence-corrected chi connectivity index (χ2v) is 16.2. The van der Waals surface area contributed by atoms with Gasteiger partial charge in [-0.3, -0.25) is 14.2 Å². The predicted octanol–water partition coefficient (Wildman–Crippen LogP) is 5.67. The lowest BCUT2D eigenvalue weighted by atomic mass is 9.70. The van der Waals surface area contributed by atoms with E-state index in [1.54, 1.807) is 74.5 Å². The molecular weight excluding hydrogens is 802 g/mol. The lowest BCUT2D eigenvalue weighted by Gasteiger charge is -2.39. The number of hydrogen-bond acceptors (Lipinski definition) is 9. The molecule has 1 aliphatic rings. The summed E-state index contributed by atoms with van der Waals surface area (Å²) in [4.78, 5) is 37.7. The molecule has 3 heterocycles. The van der Waals surface area contributed by atoms with Crippen LogP contribution in [0.1, 0.15) is 47.9 Å². The number of amides is 3. The average molecular weight is 839 g/mol. The van der Waals surface area contributed by atoms with Crippen molar-refractivity contribution in [1.82, 2.24) is 24.7 Å². The highest BCUT2D eigenvalue weighted by atomic mass is 32.2. The van der Waals surface area contributed by atoms with Gasteiger partial charge in [0, 0.05) is 37.3 Å². The minimum atomic E-state index is -4.98. The molecule has 5 N–H and O–H groups in total. The minimum absolute atomic E-state index is 0.0141. The van der Waals surface area contributed by atoms with Crippen molar-refractivity contribution in [2.24, 2.45) is 0 Å². The van der Waals surface area contributed by atoms with Crippen molar-refractivity contribution >= 4 is 49.7 Å². The summed E-state index contributed by atoms with van der Waals surface area (Å²) in [6.45, 7) is 3.22. The topological polar surface area (TPSA) is 201 Å². The first-order chi connectivity index (χ1) is 27.4. The highest BCUT2D eigenvalue weighted by Gasteiger charge is 2.59. The number of hydrogen-bond donors (Lipinski definition) is 5. The van der Waals surface area contributed by atoms with Crippen molar-refractivity contribution in [3.05, 3.63) is 144 Å². The number of carbonyl (C=O) groups excluding carboxylic acids is 2. The molecular formula is C38H37F3N8O7S2. The zero-order valence-electron chi connectivity index (χ0n) is 30.8. The van der Waals surface area contributed by atoms with E-state index in [9.17, 15) is 39.6 Å². The van der Waals surface area contributed by atoms with Gasteiger partial charge in [0.2, 0.25) is 0 Å². The highest BCUT2D eigenvalue weighted by molar-refractivity contribution is 7.91. The first-order valence-electron chi connectivity index (χ1n) is 17.5. The van der Waals surface area contributed by atoms with Crippen LogP contribution in [0.5, 0.6) is 5.75 Å². The van der Waals surface area contributed by atoms with Gasteiger partial charge < -0.3 is 10.1 Å². The van der Waals surface area contributed by atoms with E-state index in [1.165, 1.54) is 36.7 Å². The zero-order valence-corrected chi connectivity index (χ0v) is 32.4. The fraction of sp³-hybridized carbons (Fsp3) is 0.211. The summed E-state index contributed by atoms with van der Waals surface area (Å²) in [6, 6.07) is 26.7. The van der Waals surface area contributed by atoms with Gasteiger partial charge in [0.25, 0.3) is 5.91 Å². The molecule has 1 saturated heterocycles. The molecule has 5 aromatic rings. The Morgan fingerprint density at radius 3 is 1.59 bits per heavy atom. The minimum Gasteiger partial charge on any atom is -0.406 e. The van der Waals surface area contributed by atoms with Crippen molar-refractivity contribution in [2.45, 2.75) is 50.7 Å². The lowest BCUT2D eigenvalue weighted by Crippen LogP contribution is -2.55. The van der Waals surface area contributed by atoms with E-state index in [-0.39, 0.29) is 30.4 Å². The third-order valence-electron chi connectivity index (χ3n) is 9.43. The molecule has 3 amide bonds. The van der Waals surface area contributed by atoms with Gasteiger partial charge in [-0.2, -0.15) is 26.3 Å². The number of ether oxygens (including phenoxy) is 1. The Labute approximate surface area is 332 Å². The Kier molecular flexibility index (Phi) is 12.0. The normalized spacial score (nSPS) is 17.0. The summed E-state index contributed by atoms with van der Waals surface area (Å²) < 4.78 is 104. The Bertz CT molecular complexity index is 2360. The van der Waals surface area contributed by atoms with Crippen molar-refractivity contribution in [1.29, 1.82) is 0 Å². The van der Waals surface area contributed by atoms with Crippen LogP contribution >= 0.6 is 0 Å². The molecule has 2 aromatic heterocycles. The lowest BCUT2D eigenvalue weighted by molar-refractivity contribution is -0.274. The summed E-state index contributed by atoms with van der Waals surface area (Å²) in [5.41, 5.74) is 0.178. The number of aromatic nitrogens is 2. The van der Waals surface area contributed by atoms with Crippen molar-refractivity contribution in [3.8, 4) is 5.75 Å². The molecule has 3 aromatic carbocycles. The number of alkyl halides is 3. The quantitative estimate of drug-likeness (QED) is 0.0777. The van der Waals surface area contributed by atoms with E-state index in [4.69, 9.17) is 0 Å². The van der Waals surface area contributed by atoms with E-state index in [2.05, 4.69) is 38.9 Å². The predicted molar refractivity (Wildman–Crippen MR) is 209 cm³/mol. The molecule has 20 heteroatoms. The molecule has 2 atom stereocenters. The van der Waals surface area contributed by atoms with Gasteiger partial charge in [0.05, 0.1) is 5.69 Å². The van der Waals surface area contributed by atoms with Crippen LogP contribution in [0.3, 0.4) is 0 Å². The highest BCUT2D eigenvalue weighted by Crippen LogP contribution is 2.45. The van der Waals surface area contributed by atoms with Crippen LogP contribution < -0.4 is 33.8 Å². The number of imide groups is 1. The average Bonchev–Trinajstić information content (AvgIpc) is 3.46. The number of nitrogens with zero attached hydrogens (tertiary/aromatic N) is 3. The molecule has 0 saturated carbocycles. The van der Waals surface area contributed by atoms with Crippen molar-refractivity contribution < 1.29 is 44.3 Å². The Balaban J connectivity index is 1.32. The van der Waals surface area contributed by atoms with Crippen LogP contribution in [0.4, 0.5) is 35.3 Å². The molecule has 58 heavy (non-hydrogen) atoms. The maximum Gasteiger partial charge on any atom is 0.573 e. The molecule has 0 aliphatic carbocycles. The van der Waals surface area contributed by atoms with Gasteiger partial charge in [0.15, 0.2) is 0 Å². The second kappa shape index (κ2) is 16.8. The first kappa shape index (κ1) is 41.5. The Hall–Kier alpha value is -6.09. The number of pyridine rings is 2. The smallest absolute Gasteiger partial charge is 0.406 e. The number of nitrogens with one attached hydrogen (secondary N) is 5. The van der Waals surface area contributed by atoms with Crippen LogP contribution in [0.15, 0.2) is 122 Å². The summed E-state index contributed by atoms with van der Waals surface area (Å²) in [5.74, 6) is -3.52. The maximum atomic E-state index is 14.8. The zero-order chi connectivity index (χ0) is 41.7. The molecule has 6 rings (SSSR count). The van der Waals surface area contributed by atoms with Crippen LogP contribution in [0, 0.1) is 0 Å². The maximum absolute atomic E-state index is 14.8. The molecule has 2 unspecified atom stereocenters. The van der Waals surface area contributed by atoms with Crippen molar-refractivity contribution in [3.63, 3.8) is 0 Å². The molecule has 15 nitrogen and oxygen atoms in total. The second-order valence-electron chi connectivity index (χ2n) is 13.2. The third kappa shape index (κ3) is 9.88. The Morgan fingerprint density at radius 2 is 1.16 bits per heavy atom. The van der Waals surface area contributed by atoms with Crippen LogP contribution in [-0.4, -0.2) is 50.6 Å². The third-order valence-corrected chi connectivity index (χ3v) is 11.4. The van der Waals surface area contributed by atoms with Gasteiger partial charge in [-0.1, -0.05) is 74.5 Å². The fourth-order valence-corrected chi connectivity index (χ4v) is 8.15. The van der Waals surface area contributed by atoms with Crippen molar-refractivity contribution in [2.75, 3.05) is 14.3 Å². The van der Waals surface area contributed by atoms with E-state index >= 15 is 0 Å². The molecule has 304 valence electrons. The molecule has 0 spiro atoms. The monoisotopic (exact) mass is 838 g/mol. The van der Waals surface area contributed by atoms with E-state index in [0.29, 0.717) is 22.3 Å². The number of anilines is 3. The Morgan fingerprint density at radius 1 is 0.707 bits per heavy atom. The van der Waals surface area contributed by atoms with Gasteiger partial charge in [0.1, 0.15) is 22.9 Å². The van der Waals surface area contributed by atoms with E-state index in [1.807, 2.05) is 0 Å². The molecule has 1 fully saturated rings. The number of benzene rings is 3. The first-order valence-corrected chi connectivity index (χ1v) is 20.5. The number of rotatable bonds is 16. The van der Waals surface area contributed by atoms with Crippen LogP contribution in [-0.2, 0) is 38.3 Å². The molecule has 1 aliphatic heterocycles. The SMILES string of the molecule is CC(c1ccnc(NS(=O)(=O)NCc2ccccc2)c1)C1(C(C)c2ccnc(NS(=O)(=O)NCc3ccccc3)c2)NC(=O)N(c2ccc(OC(F)(F)F)cc2)C1=O. The fourth-order valence-electron chi connectivity index (χ4n) is 6.52. The largest absolute Gasteiger partial charge is 0.573 e. The van der Waals surface area contributed by atoms with Crippen LogP contribution in [0.2, 0.25) is 0 Å². The summed E-state index contributed by atoms with van der Waals surface area (Å²) in [5, 5.41) is 2.81.